The summed E-state index contributed by atoms with van der Waals surface area (Å²) in [6.07, 6.45) is 3.58. The fraction of sp³-hybridized carbons (Fsp3) is 0.267. The Morgan fingerprint density at radius 2 is 1.94 bits per heavy atom. The van der Waals surface area contributed by atoms with Crippen LogP contribution in [-0.2, 0) is 12.1 Å². The van der Waals surface area contributed by atoms with Gasteiger partial charge in [-0.25, -0.2) is 0 Å². The zero-order valence-electron chi connectivity index (χ0n) is 10.8. The smallest absolute Gasteiger partial charge is 0.130 e. The molecule has 0 fully saturated rings. The number of hydrogen-bond acceptors (Lipinski definition) is 3. The number of rotatable bonds is 4. The summed E-state index contributed by atoms with van der Waals surface area (Å²) in [5, 5.41) is 0. The minimum absolute atomic E-state index is 0.431. The number of hydrogen-bond donors (Lipinski definition) is 1. The van der Waals surface area contributed by atoms with Gasteiger partial charge in [0.15, 0.2) is 0 Å². The number of nitrogens with two attached hydrogens (primary N) is 1. The van der Waals surface area contributed by atoms with E-state index < -0.39 is 5.60 Å². The SMILES string of the molecule is CC(C)(Oc1ccccc1CN)c1cccnc1. The zero-order valence-corrected chi connectivity index (χ0v) is 10.8. The van der Waals surface area contributed by atoms with Gasteiger partial charge in [0.2, 0.25) is 0 Å². The first-order valence-electron chi connectivity index (χ1n) is 6.01. The summed E-state index contributed by atoms with van der Waals surface area (Å²) in [5.41, 5.74) is 7.33. The molecule has 0 unspecified atom stereocenters. The van der Waals surface area contributed by atoms with E-state index in [2.05, 4.69) is 4.98 Å². The van der Waals surface area contributed by atoms with Crippen molar-refractivity contribution in [1.82, 2.24) is 4.98 Å². The predicted octanol–water partition coefficient (Wildman–Crippen LogP) is 2.85. The normalized spacial score (nSPS) is 11.3. The van der Waals surface area contributed by atoms with Crippen molar-refractivity contribution in [2.45, 2.75) is 26.0 Å². The van der Waals surface area contributed by atoms with Gasteiger partial charge < -0.3 is 10.5 Å². The van der Waals surface area contributed by atoms with Crippen LogP contribution in [0.2, 0.25) is 0 Å². The second kappa shape index (κ2) is 5.19. The summed E-state index contributed by atoms with van der Waals surface area (Å²) >= 11 is 0. The molecule has 0 spiro atoms. The lowest BCUT2D eigenvalue weighted by Gasteiger charge is -2.27. The lowest BCUT2D eigenvalue weighted by Crippen LogP contribution is -2.26. The summed E-state index contributed by atoms with van der Waals surface area (Å²) in [6, 6.07) is 11.8. The molecule has 3 nitrogen and oxygen atoms in total. The van der Waals surface area contributed by atoms with E-state index in [0.717, 1.165) is 16.9 Å². The van der Waals surface area contributed by atoms with Crippen molar-refractivity contribution >= 4 is 0 Å². The Hall–Kier alpha value is -1.87. The second-order valence-corrected chi connectivity index (χ2v) is 4.67. The van der Waals surface area contributed by atoms with Crippen molar-refractivity contribution in [3.8, 4) is 5.75 Å². The number of ether oxygens (including phenoxy) is 1. The molecule has 2 aromatic rings. The van der Waals surface area contributed by atoms with Crippen molar-refractivity contribution in [3.63, 3.8) is 0 Å². The van der Waals surface area contributed by atoms with Gasteiger partial charge in [-0.2, -0.15) is 0 Å². The molecule has 2 N–H and O–H groups in total. The third kappa shape index (κ3) is 2.68. The number of pyridine rings is 1. The van der Waals surface area contributed by atoms with Gasteiger partial charge in [-0.15, -0.1) is 0 Å². The molecule has 94 valence electrons. The third-order valence-corrected chi connectivity index (χ3v) is 2.91. The largest absolute Gasteiger partial charge is 0.483 e. The first-order valence-corrected chi connectivity index (χ1v) is 6.01. The number of aromatic nitrogens is 1. The van der Waals surface area contributed by atoms with E-state index >= 15 is 0 Å². The Kier molecular flexibility index (Phi) is 3.63. The molecule has 18 heavy (non-hydrogen) atoms. The molecule has 1 heterocycles. The van der Waals surface area contributed by atoms with E-state index in [1.807, 2.05) is 56.4 Å². The van der Waals surface area contributed by atoms with E-state index in [-0.39, 0.29) is 0 Å². The maximum absolute atomic E-state index is 6.09. The van der Waals surface area contributed by atoms with Gasteiger partial charge in [0.05, 0.1) is 0 Å². The second-order valence-electron chi connectivity index (χ2n) is 4.67. The summed E-state index contributed by atoms with van der Waals surface area (Å²) in [6.45, 7) is 4.52. The average Bonchev–Trinajstić information content (AvgIpc) is 2.40. The van der Waals surface area contributed by atoms with Crippen LogP contribution in [0.15, 0.2) is 48.8 Å². The molecule has 0 amide bonds. The predicted molar refractivity (Wildman–Crippen MR) is 72.2 cm³/mol. The summed E-state index contributed by atoms with van der Waals surface area (Å²) < 4.78 is 6.09. The van der Waals surface area contributed by atoms with Crippen LogP contribution >= 0.6 is 0 Å². The summed E-state index contributed by atoms with van der Waals surface area (Å²) in [5.74, 6) is 0.828. The highest BCUT2D eigenvalue weighted by atomic mass is 16.5. The van der Waals surface area contributed by atoms with Crippen LogP contribution in [0, 0.1) is 0 Å². The Morgan fingerprint density at radius 1 is 1.17 bits per heavy atom. The molecule has 1 aromatic heterocycles. The van der Waals surface area contributed by atoms with Gasteiger partial charge in [-0.3, -0.25) is 4.98 Å². The molecule has 1 aromatic carbocycles. The molecular formula is C15H18N2O. The van der Waals surface area contributed by atoms with Crippen LogP contribution in [-0.4, -0.2) is 4.98 Å². The van der Waals surface area contributed by atoms with Crippen molar-refractivity contribution in [2.24, 2.45) is 5.73 Å². The van der Waals surface area contributed by atoms with Crippen molar-refractivity contribution in [2.75, 3.05) is 0 Å². The highest BCUT2D eigenvalue weighted by Crippen LogP contribution is 2.29. The maximum Gasteiger partial charge on any atom is 0.130 e. The summed E-state index contributed by atoms with van der Waals surface area (Å²) in [4.78, 5) is 4.13. The van der Waals surface area contributed by atoms with E-state index in [9.17, 15) is 0 Å². The first-order chi connectivity index (χ1) is 8.63. The Labute approximate surface area is 108 Å². The van der Waals surface area contributed by atoms with E-state index in [1.165, 1.54) is 0 Å². The van der Waals surface area contributed by atoms with Crippen LogP contribution in [0.25, 0.3) is 0 Å². The number of para-hydroxylation sites is 1. The molecule has 0 aliphatic carbocycles. The highest BCUT2D eigenvalue weighted by Gasteiger charge is 2.23. The van der Waals surface area contributed by atoms with Crippen LogP contribution in [0.3, 0.4) is 0 Å². The monoisotopic (exact) mass is 242 g/mol. The zero-order chi connectivity index (χ0) is 13.0. The van der Waals surface area contributed by atoms with Gasteiger partial charge in [0, 0.05) is 30.1 Å². The highest BCUT2D eigenvalue weighted by molar-refractivity contribution is 5.34. The van der Waals surface area contributed by atoms with Crippen molar-refractivity contribution in [3.05, 3.63) is 59.9 Å². The van der Waals surface area contributed by atoms with Gasteiger partial charge in [-0.05, 0) is 26.0 Å². The minimum Gasteiger partial charge on any atom is -0.483 e. The van der Waals surface area contributed by atoms with Gasteiger partial charge >= 0.3 is 0 Å². The number of benzene rings is 1. The van der Waals surface area contributed by atoms with Gasteiger partial charge in [-0.1, -0.05) is 24.3 Å². The van der Waals surface area contributed by atoms with Crippen LogP contribution in [0.1, 0.15) is 25.0 Å². The van der Waals surface area contributed by atoms with Gasteiger partial charge in [0.1, 0.15) is 11.4 Å². The number of nitrogens with zero attached hydrogens (tertiary/aromatic N) is 1. The Balaban J connectivity index is 2.28. The Morgan fingerprint density at radius 3 is 2.61 bits per heavy atom. The molecule has 0 saturated carbocycles. The molecule has 0 saturated heterocycles. The van der Waals surface area contributed by atoms with E-state index in [0.29, 0.717) is 6.54 Å². The lowest BCUT2D eigenvalue weighted by molar-refractivity contribution is 0.107. The Bertz CT molecular complexity index is 509. The third-order valence-electron chi connectivity index (χ3n) is 2.91. The topological polar surface area (TPSA) is 48.1 Å². The fourth-order valence-electron chi connectivity index (χ4n) is 1.82. The molecule has 0 aliphatic heterocycles. The molecule has 2 rings (SSSR count). The van der Waals surface area contributed by atoms with Crippen LogP contribution in [0.5, 0.6) is 5.75 Å². The van der Waals surface area contributed by atoms with Crippen LogP contribution in [0.4, 0.5) is 0 Å². The molecule has 0 bridgehead atoms. The quantitative estimate of drug-likeness (QED) is 0.896. The summed E-state index contributed by atoms with van der Waals surface area (Å²) in [7, 11) is 0. The van der Waals surface area contributed by atoms with Crippen molar-refractivity contribution < 1.29 is 4.74 Å². The van der Waals surface area contributed by atoms with E-state index in [4.69, 9.17) is 10.5 Å². The van der Waals surface area contributed by atoms with Crippen molar-refractivity contribution in [1.29, 1.82) is 0 Å². The molecule has 0 atom stereocenters. The molecule has 3 heteroatoms. The van der Waals surface area contributed by atoms with Gasteiger partial charge in [0.25, 0.3) is 0 Å². The molecule has 0 aliphatic rings. The average molecular weight is 242 g/mol. The maximum atomic E-state index is 6.09. The molecular weight excluding hydrogens is 224 g/mol. The molecule has 0 radical (unpaired) electrons. The lowest BCUT2D eigenvalue weighted by atomic mass is 10.00. The standard InChI is InChI=1S/C15H18N2O/c1-15(2,13-7-5-9-17-11-13)18-14-8-4-3-6-12(14)10-16/h3-9,11H,10,16H2,1-2H3. The van der Waals surface area contributed by atoms with E-state index in [1.54, 1.807) is 6.20 Å². The first kappa shape index (κ1) is 12.6. The minimum atomic E-state index is -0.431. The fourth-order valence-corrected chi connectivity index (χ4v) is 1.82. The van der Waals surface area contributed by atoms with Crippen LogP contribution < -0.4 is 10.5 Å².